The van der Waals surface area contributed by atoms with Crippen molar-refractivity contribution in [2.75, 3.05) is 26.2 Å². The Bertz CT molecular complexity index is 414. The smallest absolute Gasteiger partial charge is 0.227 e. The van der Waals surface area contributed by atoms with Crippen LogP contribution in [0.3, 0.4) is 0 Å². The number of hydrazine groups is 1. The zero-order valence-corrected chi connectivity index (χ0v) is 15.7. The van der Waals surface area contributed by atoms with Crippen LogP contribution < -0.4 is 16.1 Å². The highest BCUT2D eigenvalue weighted by Crippen LogP contribution is 2.33. The molecule has 138 valence electrons. The lowest BCUT2D eigenvalue weighted by atomic mass is 9.80. The maximum Gasteiger partial charge on any atom is 0.227 e. The second kappa shape index (κ2) is 8.84. The van der Waals surface area contributed by atoms with Crippen LogP contribution >= 0.6 is 11.6 Å². The molecular formula is C18H33ClN4O. The van der Waals surface area contributed by atoms with Crippen LogP contribution in [0.2, 0.25) is 0 Å². The van der Waals surface area contributed by atoms with Crippen LogP contribution in [-0.2, 0) is 4.79 Å². The highest BCUT2D eigenvalue weighted by molar-refractivity contribution is 6.20. The average molecular weight is 357 g/mol. The molecular weight excluding hydrogens is 324 g/mol. The second-order valence-electron chi connectivity index (χ2n) is 7.88. The minimum absolute atomic E-state index is 0.0763. The number of piperidine rings is 1. The van der Waals surface area contributed by atoms with Crippen molar-refractivity contribution >= 4 is 17.5 Å². The topological polar surface area (TPSA) is 56.4 Å². The van der Waals surface area contributed by atoms with E-state index in [0.717, 1.165) is 44.4 Å². The maximum absolute atomic E-state index is 12.4. The van der Waals surface area contributed by atoms with Crippen molar-refractivity contribution in [1.29, 1.82) is 0 Å². The van der Waals surface area contributed by atoms with E-state index in [1.807, 2.05) is 0 Å². The molecule has 5 unspecified atom stereocenters. The van der Waals surface area contributed by atoms with Crippen LogP contribution in [0.1, 0.15) is 51.9 Å². The number of carbonyl (C=O) groups is 1. The van der Waals surface area contributed by atoms with Crippen molar-refractivity contribution in [1.82, 2.24) is 21.1 Å². The minimum atomic E-state index is 0.0763. The minimum Gasteiger partial charge on any atom is -0.340 e. The van der Waals surface area contributed by atoms with E-state index in [-0.39, 0.29) is 18.0 Å². The van der Waals surface area contributed by atoms with E-state index in [1.54, 1.807) is 0 Å². The summed E-state index contributed by atoms with van der Waals surface area (Å²) in [6.45, 7) is 5.65. The molecule has 24 heavy (non-hydrogen) atoms. The summed E-state index contributed by atoms with van der Waals surface area (Å²) in [4.78, 5) is 12.4. The Balaban J connectivity index is 1.35. The highest BCUT2D eigenvalue weighted by Gasteiger charge is 2.31. The fourth-order valence-electron chi connectivity index (χ4n) is 4.49. The van der Waals surface area contributed by atoms with E-state index >= 15 is 0 Å². The third kappa shape index (κ3) is 5.07. The largest absolute Gasteiger partial charge is 0.340 e. The van der Waals surface area contributed by atoms with Gasteiger partial charge in [-0.3, -0.25) is 15.5 Å². The van der Waals surface area contributed by atoms with Crippen LogP contribution in [0.5, 0.6) is 0 Å². The van der Waals surface area contributed by atoms with E-state index < -0.39 is 0 Å². The van der Waals surface area contributed by atoms with Gasteiger partial charge in [0.05, 0.1) is 12.1 Å². The summed E-state index contributed by atoms with van der Waals surface area (Å²) in [5, 5.41) is 9.26. The first-order valence-electron chi connectivity index (χ1n) is 9.80. The number of carbonyl (C=O) groups excluding carboxylic acids is 1. The molecule has 1 aliphatic carbocycles. The Morgan fingerprint density at radius 3 is 2.75 bits per heavy atom. The van der Waals surface area contributed by atoms with Crippen LogP contribution in [0, 0.1) is 17.8 Å². The van der Waals surface area contributed by atoms with Gasteiger partial charge in [-0.05, 0) is 50.5 Å². The fraction of sp³-hybridized carbons (Fsp3) is 0.944. The SMILES string of the molecule is CCN1CC(C(=O)NC2CCC(CC3CCCC(Cl)C3)CN2)CN1. The van der Waals surface area contributed by atoms with Gasteiger partial charge in [0.25, 0.3) is 0 Å². The number of nitrogens with zero attached hydrogens (tertiary/aromatic N) is 1. The number of halogens is 1. The molecule has 0 aromatic carbocycles. The standard InChI is InChI=1S/C18H33ClN4O/c1-2-23-12-15(11-21-23)18(24)22-17-7-6-14(10-20-17)8-13-4-3-5-16(19)9-13/h13-17,20-21H,2-12H2,1H3,(H,22,24). The Labute approximate surface area is 151 Å². The van der Waals surface area contributed by atoms with Crippen molar-refractivity contribution in [3.8, 4) is 0 Å². The van der Waals surface area contributed by atoms with Crippen LogP contribution in [0.15, 0.2) is 0 Å². The van der Waals surface area contributed by atoms with Crippen molar-refractivity contribution < 1.29 is 4.79 Å². The summed E-state index contributed by atoms with van der Waals surface area (Å²) in [6, 6.07) is 0. The van der Waals surface area contributed by atoms with Gasteiger partial charge >= 0.3 is 0 Å². The van der Waals surface area contributed by atoms with Crippen LogP contribution in [0.25, 0.3) is 0 Å². The van der Waals surface area contributed by atoms with Crippen molar-refractivity contribution in [3.63, 3.8) is 0 Å². The molecule has 6 heteroatoms. The number of hydrogen-bond acceptors (Lipinski definition) is 4. The first-order valence-corrected chi connectivity index (χ1v) is 10.2. The van der Waals surface area contributed by atoms with E-state index in [9.17, 15) is 4.79 Å². The van der Waals surface area contributed by atoms with Crippen molar-refractivity contribution in [2.45, 2.75) is 63.4 Å². The lowest BCUT2D eigenvalue weighted by Gasteiger charge is -2.34. The fourth-order valence-corrected chi connectivity index (χ4v) is 4.90. The predicted molar refractivity (Wildman–Crippen MR) is 97.6 cm³/mol. The van der Waals surface area contributed by atoms with Crippen LogP contribution in [-0.4, -0.2) is 48.6 Å². The van der Waals surface area contributed by atoms with Gasteiger partial charge < -0.3 is 5.32 Å². The maximum atomic E-state index is 12.4. The van der Waals surface area contributed by atoms with Gasteiger partial charge in [-0.25, -0.2) is 5.01 Å². The number of hydrogen-bond donors (Lipinski definition) is 3. The molecule has 1 amide bonds. The Kier molecular flexibility index (Phi) is 6.79. The van der Waals surface area contributed by atoms with E-state index in [0.29, 0.717) is 5.38 Å². The summed E-state index contributed by atoms with van der Waals surface area (Å²) < 4.78 is 0. The second-order valence-corrected chi connectivity index (χ2v) is 8.49. The number of rotatable bonds is 5. The molecule has 2 aliphatic heterocycles. The van der Waals surface area contributed by atoms with Gasteiger partial charge in [-0.2, -0.15) is 0 Å². The quantitative estimate of drug-likeness (QED) is 0.660. The number of amides is 1. The normalized spacial score (nSPS) is 38.2. The Hall–Kier alpha value is -0.360. The molecule has 3 fully saturated rings. The van der Waals surface area contributed by atoms with Gasteiger partial charge in [0.2, 0.25) is 5.91 Å². The molecule has 3 aliphatic rings. The van der Waals surface area contributed by atoms with Gasteiger partial charge in [-0.1, -0.05) is 19.8 Å². The third-order valence-corrected chi connectivity index (χ3v) is 6.37. The molecule has 1 saturated carbocycles. The molecule has 0 spiro atoms. The zero-order chi connectivity index (χ0) is 16.9. The lowest BCUT2D eigenvalue weighted by molar-refractivity contribution is -0.125. The van der Waals surface area contributed by atoms with Crippen molar-refractivity contribution in [3.05, 3.63) is 0 Å². The average Bonchev–Trinajstić information content (AvgIpc) is 3.06. The molecule has 3 N–H and O–H groups in total. The van der Waals surface area contributed by atoms with Crippen LogP contribution in [0.4, 0.5) is 0 Å². The van der Waals surface area contributed by atoms with E-state index in [1.165, 1.54) is 38.5 Å². The van der Waals surface area contributed by atoms with E-state index in [4.69, 9.17) is 11.6 Å². The first kappa shape index (κ1) is 18.4. The molecule has 3 rings (SSSR count). The third-order valence-electron chi connectivity index (χ3n) is 5.97. The first-order chi connectivity index (χ1) is 11.6. The number of alkyl halides is 1. The van der Waals surface area contributed by atoms with E-state index in [2.05, 4.69) is 28.0 Å². The summed E-state index contributed by atoms with van der Waals surface area (Å²) >= 11 is 6.32. The summed E-state index contributed by atoms with van der Waals surface area (Å²) in [5.74, 6) is 1.82. The predicted octanol–water partition coefficient (Wildman–Crippen LogP) is 2.07. The molecule has 0 radical (unpaired) electrons. The molecule has 5 atom stereocenters. The highest BCUT2D eigenvalue weighted by atomic mass is 35.5. The van der Waals surface area contributed by atoms with Gasteiger partial charge in [0.1, 0.15) is 0 Å². The molecule has 0 bridgehead atoms. The summed E-state index contributed by atoms with van der Waals surface area (Å²) in [5.41, 5.74) is 3.27. The van der Waals surface area contributed by atoms with Gasteiger partial charge in [0.15, 0.2) is 0 Å². The molecule has 2 heterocycles. The zero-order valence-electron chi connectivity index (χ0n) is 14.9. The van der Waals surface area contributed by atoms with Gasteiger partial charge in [-0.15, -0.1) is 11.6 Å². The number of nitrogens with one attached hydrogen (secondary N) is 3. The van der Waals surface area contributed by atoms with Gasteiger partial charge in [0, 0.05) is 25.0 Å². The lowest BCUT2D eigenvalue weighted by Crippen LogP contribution is -2.52. The molecule has 0 aromatic rings. The monoisotopic (exact) mass is 356 g/mol. The Morgan fingerprint density at radius 2 is 2.08 bits per heavy atom. The summed E-state index contributed by atoms with van der Waals surface area (Å²) in [7, 11) is 0. The molecule has 5 nitrogen and oxygen atoms in total. The molecule has 2 saturated heterocycles. The summed E-state index contributed by atoms with van der Waals surface area (Å²) in [6.07, 6.45) is 8.74. The van der Waals surface area contributed by atoms with Crippen molar-refractivity contribution in [2.24, 2.45) is 17.8 Å². The molecule has 0 aromatic heterocycles. The Morgan fingerprint density at radius 1 is 1.21 bits per heavy atom.